The number of benzene rings is 1. The minimum atomic E-state index is -1.42. The van der Waals surface area contributed by atoms with Gasteiger partial charge in [-0.2, -0.15) is 0 Å². The molecule has 0 saturated heterocycles. The van der Waals surface area contributed by atoms with Crippen LogP contribution in [0.5, 0.6) is 0 Å². The van der Waals surface area contributed by atoms with Gasteiger partial charge in [-0.3, -0.25) is 24.0 Å². The number of esters is 2. The van der Waals surface area contributed by atoms with E-state index in [9.17, 15) is 33.9 Å². The molecule has 0 unspecified atom stereocenters. The zero-order chi connectivity index (χ0) is 32.6. The molecule has 0 aliphatic heterocycles. The highest BCUT2D eigenvalue weighted by Crippen LogP contribution is 2.68. The number of aliphatic carboxylic acids is 1. The number of amides is 1. The molecule has 0 radical (unpaired) electrons. The molecule has 0 spiro atoms. The second-order valence-electron chi connectivity index (χ2n) is 13.7. The van der Waals surface area contributed by atoms with Gasteiger partial charge in [0.05, 0.1) is 6.42 Å². The highest BCUT2D eigenvalue weighted by atomic mass is 16.6. The van der Waals surface area contributed by atoms with Crippen LogP contribution in [0, 0.1) is 28.6 Å². The number of carboxylic acid groups (broad SMARTS) is 1. The van der Waals surface area contributed by atoms with Crippen LogP contribution >= 0.6 is 0 Å². The number of carbonyl (C=O) groups excluding carboxylic acids is 5. The van der Waals surface area contributed by atoms with Gasteiger partial charge in [-0.15, -0.1) is 0 Å². The van der Waals surface area contributed by atoms with Crippen molar-refractivity contribution in [3.8, 4) is 0 Å². The molecule has 3 fully saturated rings. The summed E-state index contributed by atoms with van der Waals surface area (Å²) in [7, 11) is 0. The summed E-state index contributed by atoms with van der Waals surface area (Å²) in [5.74, 6) is -2.62. The quantitative estimate of drug-likeness (QED) is 0.355. The molecule has 1 aromatic rings. The van der Waals surface area contributed by atoms with E-state index in [1.807, 2.05) is 13.0 Å². The minimum absolute atomic E-state index is 0.0394. The molecule has 10 nitrogen and oxygen atoms in total. The number of hydrogen-bond donors (Lipinski definition) is 2. The lowest BCUT2D eigenvalue weighted by Gasteiger charge is -2.59. The molecule has 5 rings (SSSR count). The fourth-order valence-corrected chi connectivity index (χ4v) is 9.20. The van der Waals surface area contributed by atoms with Gasteiger partial charge in [-0.05, 0) is 79.8 Å². The van der Waals surface area contributed by atoms with Gasteiger partial charge in [0.15, 0.2) is 24.0 Å². The van der Waals surface area contributed by atoms with E-state index >= 15 is 0 Å². The van der Waals surface area contributed by atoms with Crippen LogP contribution in [-0.4, -0.2) is 52.7 Å². The minimum Gasteiger partial charge on any atom is -0.479 e. The Morgan fingerprint density at radius 1 is 0.956 bits per heavy atom. The Kier molecular flexibility index (Phi) is 9.06. The maximum absolute atomic E-state index is 13.9. The fraction of sp³-hybridized carbons (Fsp3) is 0.600. The van der Waals surface area contributed by atoms with Crippen LogP contribution in [0.4, 0.5) is 0 Å². The summed E-state index contributed by atoms with van der Waals surface area (Å²) in [6, 6.07) is 6.96. The summed E-state index contributed by atoms with van der Waals surface area (Å²) in [6.45, 7) is 5.03. The predicted octanol–water partition coefficient (Wildman–Crippen LogP) is 4.65. The number of carbonyl (C=O) groups is 6. The van der Waals surface area contributed by atoms with Crippen molar-refractivity contribution in [1.29, 1.82) is 0 Å². The Bertz CT molecular complexity index is 1420. The van der Waals surface area contributed by atoms with Gasteiger partial charge in [-0.25, -0.2) is 4.79 Å². The molecule has 4 aliphatic rings. The van der Waals surface area contributed by atoms with Crippen LogP contribution in [0.3, 0.4) is 0 Å². The Labute approximate surface area is 263 Å². The second-order valence-corrected chi connectivity index (χ2v) is 13.7. The standard InChI is InChI=1S/C35H43NO9/c1-21(37)45-35(28(39)20-44-30(41)12-11-29(40)36-31(32(42)43)22-7-5-4-6-8-22)18-15-27-25-10-9-23-19-24(38)13-16-33(23,2)26(25)14-17-34(27,35)3/h4-8,19,25-27,31H,9-18,20H2,1-3H3,(H,36,40)(H,42,43)/t25-,26+,27+,31-,33+,34+,35+/m1/s1. The molecule has 10 heteroatoms. The molecule has 45 heavy (non-hydrogen) atoms. The van der Waals surface area contributed by atoms with E-state index < -0.39 is 53.3 Å². The van der Waals surface area contributed by atoms with Crippen molar-refractivity contribution in [3.63, 3.8) is 0 Å². The van der Waals surface area contributed by atoms with Crippen LogP contribution in [0.25, 0.3) is 0 Å². The summed E-state index contributed by atoms with van der Waals surface area (Å²) in [5, 5.41) is 12.0. The van der Waals surface area contributed by atoms with E-state index in [2.05, 4.69) is 12.2 Å². The van der Waals surface area contributed by atoms with Crippen LogP contribution in [0.15, 0.2) is 42.0 Å². The normalized spacial score (nSPS) is 32.6. The number of fused-ring (bicyclic) bond motifs is 5. The third-order valence-corrected chi connectivity index (χ3v) is 11.5. The predicted molar refractivity (Wildman–Crippen MR) is 161 cm³/mol. The van der Waals surface area contributed by atoms with Gasteiger partial charge < -0.3 is 19.9 Å². The number of ketones is 2. The number of carboxylic acids is 1. The average Bonchev–Trinajstić information content (AvgIpc) is 3.30. The van der Waals surface area contributed by atoms with E-state index in [0.29, 0.717) is 43.1 Å². The maximum atomic E-state index is 13.9. The first-order chi connectivity index (χ1) is 21.3. The number of allylic oxidation sites excluding steroid dienone is 1. The van der Waals surface area contributed by atoms with Crippen molar-refractivity contribution >= 4 is 35.4 Å². The van der Waals surface area contributed by atoms with Crippen LogP contribution in [0.2, 0.25) is 0 Å². The summed E-state index contributed by atoms with van der Waals surface area (Å²) in [4.78, 5) is 75.3. The van der Waals surface area contributed by atoms with Crippen molar-refractivity contribution < 1.29 is 43.3 Å². The Morgan fingerprint density at radius 3 is 2.36 bits per heavy atom. The molecule has 2 N–H and O–H groups in total. The molecular weight excluding hydrogens is 578 g/mol. The number of ether oxygens (including phenoxy) is 2. The fourth-order valence-electron chi connectivity index (χ4n) is 9.20. The summed E-state index contributed by atoms with van der Waals surface area (Å²) >= 11 is 0. The molecule has 3 saturated carbocycles. The van der Waals surface area contributed by atoms with Gasteiger partial charge in [-0.1, -0.05) is 49.8 Å². The SMILES string of the molecule is CC(=O)O[C@]1(C(=O)COC(=O)CCC(=O)N[C@@H](C(=O)O)c2ccccc2)CC[C@H]2[C@@H]3CCC4=CC(=O)CC[C@]4(C)[C@H]3CC[C@@]21C. The number of Topliss-reactive ketones (excluding diaryl/α,β-unsaturated/α-hetero) is 1. The number of rotatable bonds is 10. The molecule has 0 aromatic heterocycles. The van der Waals surface area contributed by atoms with Gasteiger partial charge in [0.2, 0.25) is 11.7 Å². The number of hydrogen-bond acceptors (Lipinski definition) is 8. The third kappa shape index (κ3) is 5.95. The largest absolute Gasteiger partial charge is 0.479 e. The van der Waals surface area contributed by atoms with Gasteiger partial charge in [0.1, 0.15) is 0 Å². The molecule has 0 bridgehead atoms. The summed E-state index contributed by atoms with van der Waals surface area (Å²) < 4.78 is 11.3. The second kappa shape index (κ2) is 12.5. The topological polar surface area (TPSA) is 153 Å². The van der Waals surface area contributed by atoms with E-state index in [1.54, 1.807) is 30.3 Å². The highest BCUT2D eigenvalue weighted by Gasteiger charge is 2.68. The molecule has 0 heterocycles. The van der Waals surface area contributed by atoms with Gasteiger partial charge in [0.25, 0.3) is 0 Å². The molecule has 1 amide bonds. The summed E-state index contributed by atoms with van der Waals surface area (Å²) in [6.07, 6.45) is 6.97. The van der Waals surface area contributed by atoms with Crippen molar-refractivity contribution in [2.45, 2.75) is 96.6 Å². The van der Waals surface area contributed by atoms with Gasteiger partial charge in [0, 0.05) is 25.2 Å². The lowest BCUT2D eigenvalue weighted by atomic mass is 9.46. The van der Waals surface area contributed by atoms with Crippen LogP contribution in [0.1, 0.15) is 96.6 Å². The van der Waals surface area contributed by atoms with E-state index in [1.165, 1.54) is 12.5 Å². The van der Waals surface area contributed by atoms with Crippen LogP contribution in [-0.2, 0) is 38.2 Å². The molecule has 4 aliphatic carbocycles. The molecule has 7 atom stereocenters. The Hall–Kier alpha value is -3.82. The molecule has 1 aromatic carbocycles. The highest BCUT2D eigenvalue weighted by molar-refractivity contribution is 5.94. The van der Waals surface area contributed by atoms with Crippen LogP contribution < -0.4 is 5.32 Å². The lowest BCUT2D eigenvalue weighted by Crippen LogP contribution is -2.59. The molecule has 242 valence electrons. The van der Waals surface area contributed by atoms with Crippen molar-refractivity contribution in [2.75, 3.05) is 6.61 Å². The van der Waals surface area contributed by atoms with Crippen molar-refractivity contribution in [3.05, 3.63) is 47.5 Å². The monoisotopic (exact) mass is 621 g/mol. The van der Waals surface area contributed by atoms with Gasteiger partial charge >= 0.3 is 17.9 Å². The number of nitrogens with one attached hydrogen (secondary N) is 1. The van der Waals surface area contributed by atoms with E-state index in [0.717, 1.165) is 25.7 Å². The Morgan fingerprint density at radius 2 is 1.67 bits per heavy atom. The first kappa shape index (κ1) is 32.6. The zero-order valence-electron chi connectivity index (χ0n) is 26.3. The summed E-state index contributed by atoms with van der Waals surface area (Å²) in [5.41, 5.74) is -0.441. The smallest absolute Gasteiger partial charge is 0.330 e. The first-order valence-corrected chi connectivity index (χ1v) is 16.0. The van der Waals surface area contributed by atoms with E-state index in [4.69, 9.17) is 9.47 Å². The average molecular weight is 622 g/mol. The Balaban J connectivity index is 1.23. The molecular formula is C35H43NO9. The maximum Gasteiger partial charge on any atom is 0.330 e. The zero-order valence-corrected chi connectivity index (χ0v) is 26.3. The van der Waals surface area contributed by atoms with Crippen molar-refractivity contribution in [2.24, 2.45) is 28.6 Å². The van der Waals surface area contributed by atoms with E-state index in [-0.39, 0.29) is 30.0 Å². The first-order valence-electron chi connectivity index (χ1n) is 16.0. The third-order valence-electron chi connectivity index (χ3n) is 11.5. The van der Waals surface area contributed by atoms with Crippen molar-refractivity contribution in [1.82, 2.24) is 5.32 Å². The lowest BCUT2D eigenvalue weighted by molar-refractivity contribution is -0.191.